The summed E-state index contributed by atoms with van der Waals surface area (Å²) in [6, 6.07) is 1.84. The molecule has 0 atom stereocenters. The fourth-order valence-electron chi connectivity index (χ4n) is 3.95. The van der Waals surface area contributed by atoms with Crippen LogP contribution in [0.25, 0.3) is 21.9 Å². The minimum Gasteiger partial charge on any atom is -0.460 e. The molecule has 1 aliphatic rings. The van der Waals surface area contributed by atoms with Crippen molar-refractivity contribution in [2.45, 2.75) is 34.1 Å². The molecule has 7 heteroatoms. The molecule has 28 heavy (non-hydrogen) atoms. The van der Waals surface area contributed by atoms with Crippen LogP contribution in [0.1, 0.15) is 28.0 Å². The number of nitrogens with one attached hydrogen (secondary N) is 1. The number of hydrogen-bond acceptors (Lipinski definition) is 5. The van der Waals surface area contributed by atoms with Crippen molar-refractivity contribution in [3.63, 3.8) is 0 Å². The quantitative estimate of drug-likeness (QED) is 0.687. The zero-order chi connectivity index (χ0) is 20.2. The number of carbonyl (C=O) groups excluding carboxylic acids is 2. The van der Waals surface area contributed by atoms with Gasteiger partial charge in [-0.1, -0.05) is 0 Å². The molecule has 0 unspecified atom stereocenters. The van der Waals surface area contributed by atoms with Crippen molar-refractivity contribution in [1.29, 1.82) is 0 Å². The van der Waals surface area contributed by atoms with Gasteiger partial charge in [0.15, 0.2) is 0 Å². The Kier molecular flexibility index (Phi) is 4.25. The van der Waals surface area contributed by atoms with Gasteiger partial charge in [0, 0.05) is 18.5 Å². The van der Waals surface area contributed by atoms with Crippen molar-refractivity contribution in [3.8, 4) is 0 Å². The molecule has 7 nitrogen and oxygen atoms in total. The van der Waals surface area contributed by atoms with Crippen molar-refractivity contribution in [2.24, 2.45) is 0 Å². The zero-order valence-corrected chi connectivity index (χ0v) is 16.4. The summed E-state index contributed by atoms with van der Waals surface area (Å²) in [4.78, 5) is 38.3. The molecule has 146 valence electrons. The summed E-state index contributed by atoms with van der Waals surface area (Å²) in [7, 11) is 0. The van der Waals surface area contributed by atoms with Crippen LogP contribution in [-0.2, 0) is 16.0 Å². The van der Waals surface area contributed by atoms with Crippen LogP contribution in [0, 0.1) is 27.7 Å². The van der Waals surface area contributed by atoms with Gasteiger partial charge in [0.1, 0.15) is 16.9 Å². The fraction of sp³-hybridized carbons (Fsp3) is 0.381. The molecule has 3 heterocycles. The number of carbonyl (C=O) groups is 2. The van der Waals surface area contributed by atoms with Crippen LogP contribution in [-0.4, -0.2) is 36.3 Å². The van der Waals surface area contributed by atoms with Gasteiger partial charge in [0.25, 0.3) is 0 Å². The van der Waals surface area contributed by atoms with Crippen molar-refractivity contribution in [2.75, 3.05) is 19.6 Å². The Morgan fingerprint density at radius 2 is 1.86 bits per heavy atom. The van der Waals surface area contributed by atoms with Gasteiger partial charge < -0.3 is 19.1 Å². The SMILES string of the molecule is Cc1oc2c(c(C)cc3oc(=O)c(CC(=O)N4CCNC(=O)C4)c(C)c32)c1C. The van der Waals surface area contributed by atoms with Gasteiger partial charge in [-0.25, -0.2) is 4.79 Å². The average Bonchev–Trinajstić information content (AvgIpc) is 2.93. The normalized spacial score (nSPS) is 14.7. The van der Waals surface area contributed by atoms with Crippen LogP contribution >= 0.6 is 0 Å². The Labute approximate surface area is 161 Å². The largest absolute Gasteiger partial charge is 0.460 e. The van der Waals surface area contributed by atoms with E-state index >= 15 is 0 Å². The van der Waals surface area contributed by atoms with Crippen LogP contribution < -0.4 is 10.9 Å². The molecule has 0 spiro atoms. The molecule has 0 radical (unpaired) electrons. The minimum atomic E-state index is -0.529. The molecule has 3 aromatic rings. The summed E-state index contributed by atoms with van der Waals surface area (Å²) in [6.45, 7) is 8.53. The molecule has 1 aliphatic heterocycles. The van der Waals surface area contributed by atoms with Crippen LogP contribution in [0.2, 0.25) is 0 Å². The Hall–Kier alpha value is -3.09. The molecule has 1 saturated heterocycles. The van der Waals surface area contributed by atoms with Gasteiger partial charge in [-0.05, 0) is 50.5 Å². The van der Waals surface area contributed by atoms with E-state index in [9.17, 15) is 14.4 Å². The molecule has 1 N–H and O–H groups in total. The van der Waals surface area contributed by atoms with Crippen molar-refractivity contribution in [3.05, 3.63) is 44.5 Å². The standard InChI is InChI=1S/C21H22N2O5/c1-10-7-15-19(20-18(10)11(2)13(4)27-20)12(3)14(21(26)28-15)8-17(25)23-6-5-22-16(24)9-23/h7H,5-6,8-9H2,1-4H3,(H,22,24). The molecule has 0 aliphatic carbocycles. The third-order valence-corrected chi connectivity index (χ3v) is 5.60. The lowest BCUT2D eigenvalue weighted by atomic mass is 9.98. The Morgan fingerprint density at radius 1 is 1.11 bits per heavy atom. The fourth-order valence-corrected chi connectivity index (χ4v) is 3.95. The smallest absolute Gasteiger partial charge is 0.340 e. The summed E-state index contributed by atoms with van der Waals surface area (Å²) in [5.41, 5.74) is 3.62. The summed E-state index contributed by atoms with van der Waals surface area (Å²) < 4.78 is 11.5. The van der Waals surface area contributed by atoms with Gasteiger partial charge in [0.2, 0.25) is 11.8 Å². The van der Waals surface area contributed by atoms with E-state index in [1.807, 2.05) is 33.8 Å². The van der Waals surface area contributed by atoms with E-state index in [-0.39, 0.29) is 24.8 Å². The van der Waals surface area contributed by atoms with Gasteiger partial charge in [-0.3, -0.25) is 9.59 Å². The lowest BCUT2D eigenvalue weighted by molar-refractivity contribution is -0.137. The Morgan fingerprint density at radius 3 is 2.57 bits per heavy atom. The number of amides is 2. The van der Waals surface area contributed by atoms with Crippen LogP contribution in [0.4, 0.5) is 0 Å². The van der Waals surface area contributed by atoms with Gasteiger partial charge in [-0.2, -0.15) is 0 Å². The summed E-state index contributed by atoms with van der Waals surface area (Å²) in [5.74, 6) is 0.355. The second kappa shape index (κ2) is 6.51. The minimum absolute atomic E-state index is 0.0107. The third-order valence-electron chi connectivity index (χ3n) is 5.60. The second-order valence-corrected chi connectivity index (χ2v) is 7.39. The summed E-state index contributed by atoms with van der Waals surface area (Å²) in [6.07, 6.45) is -0.106. The molecule has 0 bridgehead atoms. The molecule has 0 saturated carbocycles. The highest BCUT2D eigenvalue weighted by atomic mass is 16.4. The Bertz CT molecular complexity index is 1200. The van der Waals surface area contributed by atoms with E-state index in [0.717, 1.165) is 27.7 Å². The van der Waals surface area contributed by atoms with Crippen molar-refractivity contribution < 1.29 is 18.4 Å². The van der Waals surface area contributed by atoms with Crippen LogP contribution in [0.5, 0.6) is 0 Å². The lowest BCUT2D eigenvalue weighted by Gasteiger charge is -2.26. The number of aryl methyl sites for hydroxylation is 4. The van der Waals surface area contributed by atoms with Crippen molar-refractivity contribution in [1.82, 2.24) is 10.2 Å². The van der Waals surface area contributed by atoms with Crippen LogP contribution in [0.3, 0.4) is 0 Å². The highest BCUT2D eigenvalue weighted by molar-refractivity contribution is 6.07. The first-order valence-electron chi connectivity index (χ1n) is 9.28. The molecule has 1 fully saturated rings. The van der Waals surface area contributed by atoms with Gasteiger partial charge >= 0.3 is 5.63 Å². The number of furan rings is 1. The molecule has 1 aromatic carbocycles. The van der Waals surface area contributed by atoms with E-state index < -0.39 is 5.63 Å². The van der Waals surface area contributed by atoms with E-state index in [1.54, 1.807) is 0 Å². The number of nitrogens with zero attached hydrogens (tertiary/aromatic N) is 1. The van der Waals surface area contributed by atoms with E-state index in [4.69, 9.17) is 8.83 Å². The third kappa shape index (κ3) is 2.78. The maximum atomic E-state index is 12.7. The lowest BCUT2D eigenvalue weighted by Crippen LogP contribution is -2.50. The van der Waals surface area contributed by atoms with Gasteiger partial charge in [0.05, 0.1) is 23.9 Å². The van der Waals surface area contributed by atoms with E-state index in [2.05, 4.69) is 5.32 Å². The first kappa shape index (κ1) is 18.3. The summed E-state index contributed by atoms with van der Waals surface area (Å²) in [5, 5.41) is 4.41. The number of fused-ring (bicyclic) bond motifs is 3. The average molecular weight is 382 g/mol. The number of benzene rings is 1. The Balaban J connectivity index is 1.85. The first-order valence-corrected chi connectivity index (χ1v) is 9.28. The number of hydrogen-bond donors (Lipinski definition) is 1. The highest BCUT2D eigenvalue weighted by Crippen LogP contribution is 2.36. The molecule has 2 amide bonds. The first-order chi connectivity index (χ1) is 13.3. The molecular formula is C21H22N2O5. The van der Waals surface area contributed by atoms with Gasteiger partial charge in [-0.15, -0.1) is 0 Å². The zero-order valence-electron chi connectivity index (χ0n) is 16.4. The summed E-state index contributed by atoms with van der Waals surface area (Å²) >= 11 is 0. The topological polar surface area (TPSA) is 92.8 Å². The van der Waals surface area contributed by atoms with Crippen molar-refractivity contribution >= 4 is 33.8 Å². The molecular weight excluding hydrogens is 360 g/mol. The monoisotopic (exact) mass is 382 g/mol. The maximum absolute atomic E-state index is 12.7. The molecule has 2 aromatic heterocycles. The maximum Gasteiger partial charge on any atom is 0.340 e. The number of rotatable bonds is 2. The van der Waals surface area contributed by atoms with Crippen LogP contribution in [0.15, 0.2) is 19.7 Å². The second-order valence-electron chi connectivity index (χ2n) is 7.39. The van der Waals surface area contributed by atoms with E-state index in [0.29, 0.717) is 35.4 Å². The number of piperazine rings is 1. The predicted octanol–water partition coefficient (Wildman–Crippen LogP) is 2.27. The molecule has 4 rings (SSSR count). The highest BCUT2D eigenvalue weighted by Gasteiger charge is 2.25. The predicted molar refractivity (Wildman–Crippen MR) is 104 cm³/mol. The van der Waals surface area contributed by atoms with E-state index in [1.165, 1.54) is 4.90 Å².